The van der Waals surface area contributed by atoms with Crippen LogP contribution in [-0.2, 0) is 16.0 Å². The molecule has 0 spiro atoms. The van der Waals surface area contributed by atoms with Crippen molar-refractivity contribution in [3.05, 3.63) is 88.0 Å². The molecule has 4 nitrogen and oxygen atoms in total. The Morgan fingerprint density at radius 3 is 2.12 bits per heavy atom. The van der Waals surface area contributed by atoms with Gasteiger partial charge >= 0.3 is 0 Å². The molecule has 126 valence electrons. The van der Waals surface area contributed by atoms with E-state index >= 15 is 0 Å². The van der Waals surface area contributed by atoms with E-state index in [9.17, 15) is 19.2 Å². The van der Waals surface area contributed by atoms with Crippen molar-refractivity contribution in [2.75, 3.05) is 0 Å². The van der Waals surface area contributed by atoms with E-state index in [-0.39, 0.29) is 39.8 Å². The molecule has 0 fully saturated rings. The molecule has 0 radical (unpaired) electrons. The molecular formula is C22H14O4. The van der Waals surface area contributed by atoms with E-state index in [0.717, 1.165) is 5.56 Å². The molecule has 0 aliphatic heterocycles. The van der Waals surface area contributed by atoms with Gasteiger partial charge in [0, 0.05) is 33.4 Å². The third kappa shape index (κ3) is 2.23. The predicted octanol–water partition coefficient (Wildman–Crippen LogP) is 3.12. The number of rotatable bonds is 2. The first kappa shape index (κ1) is 16.1. The van der Waals surface area contributed by atoms with Gasteiger partial charge < -0.3 is 0 Å². The third-order valence-corrected chi connectivity index (χ3v) is 4.78. The molecule has 4 rings (SSSR count). The van der Waals surface area contributed by atoms with Gasteiger partial charge in [0.25, 0.3) is 0 Å². The zero-order valence-electron chi connectivity index (χ0n) is 14.0. The van der Waals surface area contributed by atoms with Crippen LogP contribution in [0.5, 0.6) is 0 Å². The van der Waals surface area contributed by atoms with E-state index < -0.39 is 0 Å². The third-order valence-electron chi connectivity index (χ3n) is 4.78. The SMILES string of the molecule is CCc1ccc2c(c1C1=CC(=O)C=CC1=O)C(=O)c1ccccc1C2=O. The van der Waals surface area contributed by atoms with Gasteiger partial charge in [-0.15, -0.1) is 0 Å². The Morgan fingerprint density at radius 2 is 1.42 bits per heavy atom. The van der Waals surface area contributed by atoms with Gasteiger partial charge in [0.15, 0.2) is 23.1 Å². The summed E-state index contributed by atoms with van der Waals surface area (Å²) in [4.78, 5) is 50.3. The van der Waals surface area contributed by atoms with Crippen LogP contribution in [0.1, 0.15) is 49.9 Å². The lowest BCUT2D eigenvalue weighted by molar-refractivity contribution is -0.113. The van der Waals surface area contributed by atoms with Gasteiger partial charge in [0.2, 0.25) is 0 Å². The molecular weight excluding hydrogens is 328 g/mol. The van der Waals surface area contributed by atoms with Crippen molar-refractivity contribution < 1.29 is 19.2 Å². The van der Waals surface area contributed by atoms with Gasteiger partial charge in [0.1, 0.15) is 0 Å². The first-order chi connectivity index (χ1) is 12.5. The van der Waals surface area contributed by atoms with Crippen LogP contribution >= 0.6 is 0 Å². The first-order valence-corrected chi connectivity index (χ1v) is 8.35. The fourth-order valence-corrected chi connectivity index (χ4v) is 3.54. The topological polar surface area (TPSA) is 68.3 Å². The average Bonchev–Trinajstić information content (AvgIpc) is 2.67. The summed E-state index contributed by atoms with van der Waals surface area (Å²) in [7, 11) is 0. The van der Waals surface area contributed by atoms with E-state index in [1.54, 1.807) is 36.4 Å². The maximum atomic E-state index is 13.2. The summed E-state index contributed by atoms with van der Waals surface area (Å²) in [6, 6.07) is 10.1. The Labute approximate surface area is 149 Å². The number of hydrogen-bond donors (Lipinski definition) is 0. The standard InChI is InChI=1S/C22H14O4/c1-2-12-7-9-16-20(19(12)17-11-13(23)8-10-18(17)24)22(26)15-6-4-3-5-14(15)21(16)25/h3-11H,2H2,1H3. The molecule has 26 heavy (non-hydrogen) atoms. The average molecular weight is 342 g/mol. The number of benzene rings is 2. The lowest BCUT2D eigenvalue weighted by Crippen LogP contribution is -2.24. The van der Waals surface area contributed by atoms with Gasteiger partial charge in [-0.2, -0.15) is 0 Å². The molecule has 0 saturated carbocycles. The maximum Gasteiger partial charge on any atom is 0.195 e. The quantitative estimate of drug-likeness (QED) is 0.671. The first-order valence-electron chi connectivity index (χ1n) is 8.35. The van der Waals surface area contributed by atoms with E-state index in [4.69, 9.17) is 0 Å². The van der Waals surface area contributed by atoms with E-state index in [0.29, 0.717) is 23.1 Å². The molecule has 0 aromatic heterocycles. The molecule has 4 heteroatoms. The number of carbonyl (C=O) groups is 4. The smallest absolute Gasteiger partial charge is 0.195 e. The summed E-state index contributed by atoms with van der Waals surface area (Å²) >= 11 is 0. The van der Waals surface area contributed by atoms with Crippen molar-refractivity contribution in [2.45, 2.75) is 13.3 Å². The van der Waals surface area contributed by atoms with Crippen LogP contribution in [0.15, 0.2) is 54.6 Å². The highest BCUT2D eigenvalue weighted by atomic mass is 16.1. The van der Waals surface area contributed by atoms with Crippen molar-refractivity contribution in [1.29, 1.82) is 0 Å². The number of allylic oxidation sites excluding steroid dienone is 4. The predicted molar refractivity (Wildman–Crippen MR) is 96.3 cm³/mol. The molecule has 2 aromatic carbocycles. The fraction of sp³-hybridized carbons (Fsp3) is 0.0909. The van der Waals surface area contributed by atoms with E-state index in [1.165, 1.54) is 18.2 Å². The van der Waals surface area contributed by atoms with Crippen LogP contribution in [0.2, 0.25) is 0 Å². The molecule has 0 atom stereocenters. The van der Waals surface area contributed by atoms with Crippen LogP contribution in [0, 0.1) is 0 Å². The highest BCUT2D eigenvalue weighted by molar-refractivity contribution is 6.37. The Hall–Kier alpha value is -3.40. The number of ketones is 4. The molecule has 0 unspecified atom stereocenters. The summed E-state index contributed by atoms with van der Waals surface area (Å²) in [6.45, 7) is 1.90. The largest absolute Gasteiger partial charge is 0.290 e. The molecule has 0 amide bonds. The van der Waals surface area contributed by atoms with E-state index in [1.807, 2.05) is 6.92 Å². The van der Waals surface area contributed by atoms with E-state index in [2.05, 4.69) is 0 Å². The van der Waals surface area contributed by atoms with Crippen molar-refractivity contribution >= 4 is 28.7 Å². The fourth-order valence-electron chi connectivity index (χ4n) is 3.54. The molecule has 0 heterocycles. The van der Waals surface area contributed by atoms with Crippen LogP contribution in [0.25, 0.3) is 5.57 Å². The highest BCUT2D eigenvalue weighted by Gasteiger charge is 2.34. The molecule has 0 bridgehead atoms. The summed E-state index contributed by atoms with van der Waals surface area (Å²) < 4.78 is 0. The van der Waals surface area contributed by atoms with Crippen LogP contribution in [0.3, 0.4) is 0 Å². The van der Waals surface area contributed by atoms with Gasteiger partial charge in [0.05, 0.1) is 0 Å². The normalized spacial score (nSPS) is 15.7. The Morgan fingerprint density at radius 1 is 0.731 bits per heavy atom. The minimum atomic E-state index is -0.341. The summed E-state index contributed by atoms with van der Waals surface area (Å²) in [5, 5.41) is 0. The number of hydrogen-bond acceptors (Lipinski definition) is 4. The second kappa shape index (κ2) is 5.85. The Balaban J connectivity index is 2.05. The molecule has 2 aliphatic rings. The minimum Gasteiger partial charge on any atom is -0.290 e. The summed E-state index contributed by atoms with van der Waals surface area (Å²) in [6.07, 6.45) is 4.22. The molecule has 2 aliphatic carbocycles. The van der Waals surface area contributed by atoms with Crippen molar-refractivity contribution in [1.82, 2.24) is 0 Å². The van der Waals surface area contributed by atoms with Gasteiger partial charge in [-0.25, -0.2) is 0 Å². The Bertz CT molecular complexity index is 1080. The zero-order chi connectivity index (χ0) is 18.4. The number of fused-ring (bicyclic) bond motifs is 2. The van der Waals surface area contributed by atoms with Crippen molar-refractivity contribution in [3.63, 3.8) is 0 Å². The van der Waals surface area contributed by atoms with Gasteiger partial charge in [-0.05, 0) is 36.3 Å². The van der Waals surface area contributed by atoms with Gasteiger partial charge in [-0.3, -0.25) is 19.2 Å². The van der Waals surface area contributed by atoms with Crippen molar-refractivity contribution in [3.8, 4) is 0 Å². The van der Waals surface area contributed by atoms with Crippen LogP contribution in [0.4, 0.5) is 0 Å². The molecule has 2 aromatic rings. The molecule has 0 N–H and O–H groups in total. The second-order valence-electron chi connectivity index (χ2n) is 6.24. The zero-order valence-corrected chi connectivity index (χ0v) is 14.0. The highest BCUT2D eigenvalue weighted by Crippen LogP contribution is 2.35. The minimum absolute atomic E-state index is 0.173. The molecule has 0 saturated heterocycles. The summed E-state index contributed by atoms with van der Waals surface area (Å²) in [5.74, 6) is -1.19. The number of aryl methyl sites for hydroxylation is 1. The monoisotopic (exact) mass is 342 g/mol. The maximum absolute atomic E-state index is 13.2. The van der Waals surface area contributed by atoms with Gasteiger partial charge in [-0.1, -0.05) is 37.3 Å². The van der Waals surface area contributed by atoms with Crippen molar-refractivity contribution in [2.24, 2.45) is 0 Å². The lowest BCUT2D eigenvalue weighted by Gasteiger charge is -2.23. The Kier molecular flexibility index (Phi) is 3.62. The second-order valence-corrected chi connectivity index (χ2v) is 6.24. The summed E-state index contributed by atoms with van der Waals surface area (Å²) in [5.41, 5.74) is 2.51. The van der Waals surface area contributed by atoms with Crippen LogP contribution < -0.4 is 0 Å². The number of carbonyl (C=O) groups excluding carboxylic acids is 4. The van der Waals surface area contributed by atoms with Crippen LogP contribution in [-0.4, -0.2) is 23.1 Å². The lowest BCUT2D eigenvalue weighted by atomic mass is 9.77.